The van der Waals surface area contributed by atoms with Crippen molar-refractivity contribution in [2.75, 3.05) is 0 Å². The fourth-order valence-corrected chi connectivity index (χ4v) is 2.50. The predicted octanol–water partition coefficient (Wildman–Crippen LogP) is 3.27. The number of aliphatic hydroxyl groups is 1. The summed E-state index contributed by atoms with van der Waals surface area (Å²) in [5, 5.41) is 10.0. The second-order valence-electron chi connectivity index (χ2n) is 7.63. The lowest BCUT2D eigenvalue weighted by Crippen LogP contribution is -2.32. The van der Waals surface area contributed by atoms with Crippen LogP contribution in [-0.4, -0.2) is 28.2 Å². The highest BCUT2D eigenvalue weighted by Gasteiger charge is 2.37. The molecule has 0 unspecified atom stereocenters. The fourth-order valence-electron chi connectivity index (χ4n) is 2.50. The Kier molecular flexibility index (Phi) is 5.54. The van der Waals surface area contributed by atoms with Crippen molar-refractivity contribution < 1.29 is 24.2 Å². The van der Waals surface area contributed by atoms with Gasteiger partial charge in [-0.2, -0.15) is 0 Å². The average Bonchev–Trinajstić information content (AvgIpc) is 2.22. The van der Waals surface area contributed by atoms with Gasteiger partial charge in [0.05, 0.1) is 5.57 Å². The maximum absolute atomic E-state index is 12.0. The first kappa shape index (κ1) is 18.4. The van der Waals surface area contributed by atoms with Gasteiger partial charge in [0.25, 0.3) is 0 Å². The molecule has 0 radical (unpaired) electrons. The molecule has 5 heteroatoms. The highest BCUT2D eigenvalue weighted by Crippen LogP contribution is 2.34. The van der Waals surface area contributed by atoms with Crippen molar-refractivity contribution in [1.82, 2.24) is 0 Å². The zero-order valence-corrected chi connectivity index (χ0v) is 14.1. The molecule has 5 nitrogen and oxygen atoms in total. The molecule has 1 rings (SSSR count). The third kappa shape index (κ3) is 5.62. The van der Waals surface area contributed by atoms with E-state index < -0.39 is 5.60 Å². The molecule has 1 aliphatic carbocycles. The summed E-state index contributed by atoms with van der Waals surface area (Å²) in [5.74, 6) is -1.17. The molecule has 1 aliphatic rings. The molecule has 1 N–H and O–H groups in total. The topological polar surface area (TPSA) is 80.7 Å². The minimum absolute atomic E-state index is 0.0801. The standard InChI is InChI=1S/C17H26O5/c1-16(2,3)22-14(21)8-6-7-11(18)15-12(19)9-17(4,5)10-13(15)20/h18H,6-10H2,1-5H3. The van der Waals surface area contributed by atoms with E-state index in [1.165, 1.54) is 0 Å². The lowest BCUT2D eigenvalue weighted by molar-refractivity contribution is -0.154. The summed E-state index contributed by atoms with van der Waals surface area (Å²) in [7, 11) is 0. The first-order chi connectivity index (χ1) is 9.91. The summed E-state index contributed by atoms with van der Waals surface area (Å²) < 4.78 is 5.16. The van der Waals surface area contributed by atoms with Gasteiger partial charge >= 0.3 is 5.97 Å². The van der Waals surface area contributed by atoms with Crippen LogP contribution in [0.25, 0.3) is 0 Å². The van der Waals surface area contributed by atoms with Gasteiger partial charge in [-0.05, 0) is 32.6 Å². The van der Waals surface area contributed by atoms with E-state index in [4.69, 9.17) is 4.74 Å². The zero-order chi connectivity index (χ0) is 17.1. The molecule has 1 saturated carbocycles. The molecule has 0 bridgehead atoms. The van der Waals surface area contributed by atoms with E-state index in [0.717, 1.165) is 0 Å². The summed E-state index contributed by atoms with van der Waals surface area (Å²) in [5.41, 5.74) is -0.976. The smallest absolute Gasteiger partial charge is 0.306 e. The Bertz CT molecular complexity index is 484. The van der Waals surface area contributed by atoms with Crippen molar-refractivity contribution in [3.63, 3.8) is 0 Å². The Hall–Kier alpha value is -1.65. The minimum atomic E-state index is -0.543. The second-order valence-corrected chi connectivity index (χ2v) is 7.63. The molecule has 0 aromatic heterocycles. The predicted molar refractivity (Wildman–Crippen MR) is 82.4 cm³/mol. The number of Topliss-reactive ketones (excluding diaryl/α,β-unsaturated/α-hetero) is 2. The monoisotopic (exact) mass is 310 g/mol. The molecule has 0 amide bonds. The number of carbonyl (C=O) groups is 3. The van der Waals surface area contributed by atoms with Crippen molar-refractivity contribution in [2.24, 2.45) is 5.41 Å². The maximum atomic E-state index is 12.0. The maximum Gasteiger partial charge on any atom is 0.306 e. The van der Waals surface area contributed by atoms with Gasteiger partial charge in [-0.15, -0.1) is 0 Å². The Morgan fingerprint density at radius 3 is 2.09 bits per heavy atom. The van der Waals surface area contributed by atoms with Crippen LogP contribution < -0.4 is 0 Å². The van der Waals surface area contributed by atoms with Crippen molar-refractivity contribution in [2.45, 2.75) is 72.3 Å². The van der Waals surface area contributed by atoms with Crippen LogP contribution in [0.3, 0.4) is 0 Å². The van der Waals surface area contributed by atoms with E-state index in [2.05, 4.69) is 0 Å². The van der Waals surface area contributed by atoms with Gasteiger partial charge in [0.2, 0.25) is 0 Å². The lowest BCUT2D eigenvalue weighted by atomic mass is 9.73. The van der Waals surface area contributed by atoms with Gasteiger partial charge in [-0.25, -0.2) is 0 Å². The number of ether oxygens (including phenoxy) is 1. The van der Waals surface area contributed by atoms with Crippen molar-refractivity contribution in [1.29, 1.82) is 0 Å². The summed E-state index contributed by atoms with van der Waals surface area (Å²) >= 11 is 0. The third-order valence-corrected chi connectivity index (χ3v) is 3.34. The molecule has 0 aromatic rings. The van der Waals surface area contributed by atoms with E-state index in [0.29, 0.717) is 6.42 Å². The van der Waals surface area contributed by atoms with Gasteiger partial charge in [-0.1, -0.05) is 13.8 Å². The Morgan fingerprint density at radius 1 is 1.14 bits per heavy atom. The number of aliphatic hydroxyl groups excluding tert-OH is 1. The summed E-state index contributed by atoms with van der Waals surface area (Å²) in [4.78, 5) is 35.6. The molecule has 0 saturated heterocycles. The van der Waals surface area contributed by atoms with Crippen LogP contribution in [0.15, 0.2) is 11.3 Å². The summed E-state index contributed by atoms with van der Waals surface area (Å²) in [6.45, 7) is 9.07. The number of ketones is 2. The molecule has 0 aliphatic heterocycles. The molecular formula is C17H26O5. The van der Waals surface area contributed by atoms with Crippen LogP contribution in [0.5, 0.6) is 0 Å². The Labute approximate surface area is 131 Å². The fraction of sp³-hybridized carbons (Fsp3) is 0.706. The molecule has 22 heavy (non-hydrogen) atoms. The molecule has 0 spiro atoms. The zero-order valence-electron chi connectivity index (χ0n) is 14.1. The van der Waals surface area contributed by atoms with Gasteiger partial charge < -0.3 is 9.84 Å². The van der Waals surface area contributed by atoms with Crippen molar-refractivity contribution in [3.8, 4) is 0 Å². The van der Waals surface area contributed by atoms with Crippen molar-refractivity contribution >= 4 is 17.5 Å². The van der Waals surface area contributed by atoms with E-state index in [1.807, 2.05) is 13.8 Å². The number of esters is 1. The molecule has 0 heterocycles. The Morgan fingerprint density at radius 2 is 1.64 bits per heavy atom. The van der Waals surface area contributed by atoms with Crippen molar-refractivity contribution in [3.05, 3.63) is 11.3 Å². The second kappa shape index (κ2) is 6.63. The average molecular weight is 310 g/mol. The highest BCUT2D eigenvalue weighted by molar-refractivity contribution is 6.22. The van der Waals surface area contributed by atoms with Crippen LogP contribution in [0.1, 0.15) is 66.7 Å². The Balaban J connectivity index is 2.61. The van der Waals surface area contributed by atoms with Gasteiger partial charge in [0.1, 0.15) is 11.4 Å². The number of allylic oxidation sites excluding steroid dienone is 2. The summed E-state index contributed by atoms with van der Waals surface area (Å²) in [6.07, 6.45) is 1.12. The van der Waals surface area contributed by atoms with Gasteiger partial charge in [-0.3, -0.25) is 14.4 Å². The first-order valence-corrected chi connectivity index (χ1v) is 7.62. The highest BCUT2D eigenvalue weighted by atomic mass is 16.6. The van der Waals surface area contributed by atoms with Crippen LogP contribution in [-0.2, 0) is 19.1 Å². The SMILES string of the molecule is CC1(C)CC(=O)C(=C(O)CCCC(=O)OC(C)(C)C)C(=O)C1. The number of rotatable bonds is 4. The largest absolute Gasteiger partial charge is 0.511 e. The molecule has 0 aromatic carbocycles. The number of hydrogen-bond donors (Lipinski definition) is 1. The normalized spacial score (nSPS) is 18.3. The van der Waals surface area contributed by atoms with E-state index >= 15 is 0 Å². The summed E-state index contributed by atoms with van der Waals surface area (Å²) in [6, 6.07) is 0. The van der Waals surface area contributed by atoms with Crippen LogP contribution in [0.2, 0.25) is 0 Å². The van der Waals surface area contributed by atoms with E-state index in [-0.39, 0.29) is 60.0 Å². The molecular weight excluding hydrogens is 284 g/mol. The molecule has 0 atom stereocenters. The van der Waals surface area contributed by atoms with Crippen LogP contribution in [0, 0.1) is 5.41 Å². The molecule has 1 fully saturated rings. The number of hydrogen-bond acceptors (Lipinski definition) is 5. The minimum Gasteiger partial charge on any atom is -0.511 e. The van der Waals surface area contributed by atoms with Crippen LogP contribution >= 0.6 is 0 Å². The van der Waals surface area contributed by atoms with E-state index in [9.17, 15) is 19.5 Å². The van der Waals surface area contributed by atoms with Gasteiger partial charge in [0.15, 0.2) is 11.6 Å². The third-order valence-electron chi connectivity index (χ3n) is 3.34. The quantitative estimate of drug-likeness (QED) is 0.373. The first-order valence-electron chi connectivity index (χ1n) is 7.62. The van der Waals surface area contributed by atoms with Gasteiger partial charge in [0, 0.05) is 25.7 Å². The number of carbonyl (C=O) groups excluding carboxylic acids is 3. The molecule has 124 valence electrons. The lowest BCUT2D eigenvalue weighted by Gasteiger charge is -2.28. The van der Waals surface area contributed by atoms with E-state index in [1.54, 1.807) is 20.8 Å². The van der Waals surface area contributed by atoms with Crippen LogP contribution in [0.4, 0.5) is 0 Å².